The Hall–Kier alpha value is -1.58. The molecular weight excluding hydrogens is 493 g/mol. The van der Waals surface area contributed by atoms with Crippen molar-refractivity contribution in [1.82, 2.24) is 20.5 Å². The molecule has 0 fully saturated rings. The number of nitrogens with zero attached hydrogens (tertiary/aromatic N) is 2. The molecular formula is C22H30IN5S. The van der Waals surface area contributed by atoms with E-state index in [2.05, 4.69) is 68.3 Å². The summed E-state index contributed by atoms with van der Waals surface area (Å²) >= 11 is 1.90. The number of fused-ring (bicyclic) bond motifs is 2. The Labute approximate surface area is 194 Å². The summed E-state index contributed by atoms with van der Waals surface area (Å²) in [4.78, 5) is 11.8. The van der Waals surface area contributed by atoms with E-state index in [0.29, 0.717) is 0 Å². The number of aryl methyl sites for hydroxylation is 1. The van der Waals surface area contributed by atoms with Gasteiger partial charge in [-0.2, -0.15) is 0 Å². The van der Waals surface area contributed by atoms with Gasteiger partial charge in [0.05, 0.1) is 0 Å². The van der Waals surface area contributed by atoms with Crippen molar-refractivity contribution in [3.63, 3.8) is 0 Å². The number of aliphatic imine (C=N–C) groups is 1. The molecule has 4 rings (SSSR count). The van der Waals surface area contributed by atoms with Crippen LogP contribution in [0.5, 0.6) is 0 Å². The predicted octanol–water partition coefficient (Wildman–Crippen LogP) is 3.92. The van der Waals surface area contributed by atoms with Crippen molar-refractivity contribution in [3.8, 4) is 0 Å². The normalized spacial score (nSPS) is 14.5. The van der Waals surface area contributed by atoms with Crippen LogP contribution in [-0.2, 0) is 19.4 Å². The van der Waals surface area contributed by atoms with Gasteiger partial charge in [0.25, 0.3) is 0 Å². The van der Waals surface area contributed by atoms with Crippen molar-refractivity contribution in [2.75, 3.05) is 33.2 Å². The van der Waals surface area contributed by atoms with E-state index in [1.165, 1.54) is 34.0 Å². The number of benzene rings is 1. The molecule has 2 aromatic heterocycles. The molecule has 3 heterocycles. The molecule has 0 amide bonds. The number of nitrogens with one attached hydrogen (secondary N) is 3. The molecule has 0 spiro atoms. The molecule has 156 valence electrons. The SMILES string of the molecule is CN=C(NCCc1c[nH]c2cc(C)ccc12)NCCN1CCc2sccc2C1.I. The minimum Gasteiger partial charge on any atom is -0.361 e. The third kappa shape index (κ3) is 5.52. The Morgan fingerprint density at radius 3 is 2.97 bits per heavy atom. The van der Waals surface area contributed by atoms with E-state index in [-0.39, 0.29) is 24.0 Å². The van der Waals surface area contributed by atoms with Gasteiger partial charge in [-0.1, -0.05) is 12.1 Å². The maximum absolute atomic E-state index is 4.36. The second-order valence-electron chi connectivity index (χ2n) is 7.43. The molecule has 3 N–H and O–H groups in total. The highest BCUT2D eigenvalue weighted by Gasteiger charge is 2.16. The fourth-order valence-corrected chi connectivity index (χ4v) is 4.76. The molecule has 1 aliphatic heterocycles. The van der Waals surface area contributed by atoms with Crippen LogP contribution in [0.4, 0.5) is 0 Å². The van der Waals surface area contributed by atoms with Crippen molar-refractivity contribution < 1.29 is 0 Å². The first-order valence-corrected chi connectivity index (χ1v) is 10.9. The molecule has 0 aliphatic carbocycles. The summed E-state index contributed by atoms with van der Waals surface area (Å²) in [6.45, 7) is 7.17. The number of H-pyrrole nitrogens is 1. The summed E-state index contributed by atoms with van der Waals surface area (Å²) < 4.78 is 0. The number of rotatable bonds is 6. The molecule has 0 unspecified atom stereocenters. The Bertz CT molecular complexity index is 961. The lowest BCUT2D eigenvalue weighted by molar-refractivity contribution is 0.260. The van der Waals surface area contributed by atoms with Crippen molar-refractivity contribution >= 4 is 52.2 Å². The van der Waals surface area contributed by atoms with Crippen molar-refractivity contribution in [1.29, 1.82) is 0 Å². The zero-order chi connectivity index (χ0) is 19.3. The summed E-state index contributed by atoms with van der Waals surface area (Å²) in [5.74, 6) is 0.879. The Morgan fingerprint density at radius 2 is 2.10 bits per heavy atom. The summed E-state index contributed by atoms with van der Waals surface area (Å²) in [7, 11) is 1.84. The second kappa shape index (κ2) is 10.4. The highest BCUT2D eigenvalue weighted by atomic mass is 127. The quantitative estimate of drug-likeness (QED) is 0.261. The lowest BCUT2D eigenvalue weighted by Crippen LogP contribution is -2.43. The average Bonchev–Trinajstić information content (AvgIpc) is 3.33. The molecule has 0 radical (unpaired) electrons. The summed E-state index contributed by atoms with van der Waals surface area (Å²) in [5, 5.41) is 10.4. The molecule has 0 atom stereocenters. The summed E-state index contributed by atoms with van der Waals surface area (Å²) in [5.41, 5.74) is 5.35. The van der Waals surface area contributed by atoms with Crippen molar-refractivity contribution in [3.05, 3.63) is 57.4 Å². The minimum absolute atomic E-state index is 0. The Balaban J connectivity index is 0.00000240. The first-order chi connectivity index (χ1) is 13.7. The lowest BCUT2D eigenvalue weighted by atomic mass is 10.1. The van der Waals surface area contributed by atoms with Crippen LogP contribution in [-0.4, -0.2) is 49.1 Å². The van der Waals surface area contributed by atoms with Gasteiger partial charge in [0, 0.05) is 61.7 Å². The van der Waals surface area contributed by atoms with Crippen molar-refractivity contribution in [2.24, 2.45) is 4.99 Å². The number of aromatic amines is 1. The number of halogens is 1. The lowest BCUT2D eigenvalue weighted by Gasteiger charge is -2.27. The molecule has 0 bridgehead atoms. The van der Waals surface area contributed by atoms with Crippen LogP contribution in [0, 0.1) is 6.92 Å². The number of guanidine groups is 1. The van der Waals surface area contributed by atoms with Crippen LogP contribution in [0.25, 0.3) is 10.9 Å². The molecule has 0 saturated heterocycles. The van der Waals surface area contributed by atoms with Gasteiger partial charge >= 0.3 is 0 Å². The van der Waals surface area contributed by atoms with E-state index in [1.54, 1.807) is 4.88 Å². The number of thiophene rings is 1. The van der Waals surface area contributed by atoms with Crippen LogP contribution in [0.1, 0.15) is 21.6 Å². The van der Waals surface area contributed by atoms with Crippen LogP contribution < -0.4 is 10.6 Å². The zero-order valence-corrected chi connectivity index (χ0v) is 20.3. The molecule has 3 aromatic rings. The largest absolute Gasteiger partial charge is 0.361 e. The second-order valence-corrected chi connectivity index (χ2v) is 8.43. The van der Waals surface area contributed by atoms with Gasteiger partial charge in [-0.3, -0.25) is 9.89 Å². The van der Waals surface area contributed by atoms with Crippen LogP contribution in [0.2, 0.25) is 0 Å². The number of hydrogen-bond acceptors (Lipinski definition) is 3. The highest BCUT2D eigenvalue weighted by Crippen LogP contribution is 2.23. The van der Waals surface area contributed by atoms with Crippen LogP contribution >= 0.6 is 35.3 Å². The Kier molecular flexibility index (Phi) is 7.97. The standard InChI is InChI=1S/C22H29N5S.HI/c1-16-3-4-19-17(14-26-20(19)13-16)5-8-24-22(23-2)25-9-11-27-10-6-21-18(15-27)7-12-28-21;/h3-4,7,12-14,26H,5-6,8-11,15H2,1-2H3,(H2,23,24,25);1H. The van der Waals surface area contributed by atoms with E-state index in [9.17, 15) is 0 Å². The fraction of sp³-hybridized carbons (Fsp3) is 0.409. The minimum atomic E-state index is 0. The highest BCUT2D eigenvalue weighted by molar-refractivity contribution is 14.0. The van der Waals surface area contributed by atoms with E-state index >= 15 is 0 Å². The fourth-order valence-electron chi connectivity index (χ4n) is 3.87. The monoisotopic (exact) mass is 523 g/mol. The molecule has 1 aliphatic rings. The van der Waals surface area contributed by atoms with E-state index in [0.717, 1.165) is 45.1 Å². The van der Waals surface area contributed by atoms with Gasteiger partial charge < -0.3 is 15.6 Å². The Morgan fingerprint density at radius 1 is 1.24 bits per heavy atom. The summed E-state index contributed by atoms with van der Waals surface area (Å²) in [6, 6.07) is 8.85. The van der Waals surface area contributed by atoms with Gasteiger partial charge in [-0.25, -0.2) is 0 Å². The first-order valence-electron chi connectivity index (χ1n) is 10.0. The average molecular weight is 523 g/mol. The van der Waals surface area contributed by atoms with E-state index in [1.807, 2.05) is 18.4 Å². The maximum atomic E-state index is 4.36. The van der Waals surface area contributed by atoms with E-state index in [4.69, 9.17) is 0 Å². The third-order valence-electron chi connectivity index (χ3n) is 5.44. The van der Waals surface area contributed by atoms with Gasteiger partial charge in [-0.05, 0) is 54.0 Å². The predicted molar refractivity (Wildman–Crippen MR) is 135 cm³/mol. The molecule has 29 heavy (non-hydrogen) atoms. The smallest absolute Gasteiger partial charge is 0.191 e. The summed E-state index contributed by atoms with van der Waals surface area (Å²) in [6.07, 6.45) is 4.28. The van der Waals surface area contributed by atoms with Gasteiger partial charge in [-0.15, -0.1) is 35.3 Å². The molecule has 1 aromatic carbocycles. The first kappa shape index (κ1) is 22.1. The number of hydrogen-bond donors (Lipinski definition) is 3. The van der Waals surface area contributed by atoms with Crippen LogP contribution in [0.15, 0.2) is 40.8 Å². The van der Waals surface area contributed by atoms with Crippen LogP contribution in [0.3, 0.4) is 0 Å². The van der Waals surface area contributed by atoms with Crippen molar-refractivity contribution in [2.45, 2.75) is 26.3 Å². The topological polar surface area (TPSA) is 55.5 Å². The molecule has 5 nitrogen and oxygen atoms in total. The van der Waals surface area contributed by atoms with Gasteiger partial charge in [0.2, 0.25) is 0 Å². The zero-order valence-electron chi connectivity index (χ0n) is 17.1. The van der Waals surface area contributed by atoms with Gasteiger partial charge in [0.15, 0.2) is 5.96 Å². The van der Waals surface area contributed by atoms with E-state index < -0.39 is 0 Å². The molecule has 0 saturated carbocycles. The molecule has 7 heteroatoms. The van der Waals surface area contributed by atoms with Gasteiger partial charge in [0.1, 0.15) is 0 Å². The maximum Gasteiger partial charge on any atom is 0.191 e. The number of aromatic nitrogens is 1. The third-order valence-corrected chi connectivity index (χ3v) is 6.46.